The van der Waals surface area contributed by atoms with Crippen molar-refractivity contribution in [2.75, 3.05) is 31.7 Å². The Morgan fingerprint density at radius 3 is 2.43 bits per heavy atom. The standard InChI is InChI=1S/C37H52FN3O8/c1-37(2,3)49-36(46)40-29(22-38)24-10-12-25(13-11-24)34(44)41-17-16-28(23-8-5-4-6-9-23)32(41)33(43)39-27-14-15-30-26(20-27)21-31(48-30)35(45)47-19-7-18-42/h14-15,20-21,23-25,28-29,32,42H,4-13,16-19,22H2,1-3H3,(H,39,43)(H,40,46)/t24-,25-,28-,29+,32-/m0/s1. The molecule has 0 unspecified atom stereocenters. The molecule has 270 valence electrons. The lowest BCUT2D eigenvalue weighted by Crippen LogP contribution is -2.50. The highest BCUT2D eigenvalue weighted by atomic mass is 19.1. The van der Waals surface area contributed by atoms with Gasteiger partial charge in [0.05, 0.1) is 12.6 Å². The van der Waals surface area contributed by atoms with E-state index in [1.165, 1.54) is 6.42 Å². The fourth-order valence-electron chi connectivity index (χ4n) is 7.94. The van der Waals surface area contributed by atoms with Gasteiger partial charge < -0.3 is 34.5 Å². The quantitative estimate of drug-likeness (QED) is 0.183. The zero-order chi connectivity index (χ0) is 35.1. The molecule has 3 atom stereocenters. The van der Waals surface area contributed by atoms with Gasteiger partial charge in [0, 0.05) is 36.6 Å². The third-order valence-corrected chi connectivity index (χ3v) is 10.3. The lowest BCUT2D eigenvalue weighted by atomic mass is 9.76. The van der Waals surface area contributed by atoms with Crippen LogP contribution in [0.25, 0.3) is 11.0 Å². The third kappa shape index (κ3) is 9.32. The number of furan rings is 1. The van der Waals surface area contributed by atoms with Crippen LogP contribution in [0, 0.1) is 23.7 Å². The summed E-state index contributed by atoms with van der Waals surface area (Å²) in [6.07, 6.45) is 8.34. The average molecular weight is 686 g/mol. The smallest absolute Gasteiger partial charge is 0.407 e. The number of hydrogen-bond acceptors (Lipinski definition) is 8. The predicted octanol–water partition coefficient (Wildman–Crippen LogP) is 6.38. The van der Waals surface area contributed by atoms with Gasteiger partial charge >= 0.3 is 12.1 Å². The number of likely N-dealkylation sites (tertiary alicyclic amines) is 1. The second kappa shape index (κ2) is 16.4. The molecule has 0 radical (unpaired) electrons. The van der Waals surface area contributed by atoms with Crippen LogP contribution in [0.1, 0.15) is 102 Å². The van der Waals surface area contributed by atoms with E-state index in [4.69, 9.17) is 19.0 Å². The number of carbonyl (C=O) groups excluding carboxylic acids is 4. The number of anilines is 1. The number of aliphatic hydroxyl groups is 1. The van der Waals surface area contributed by atoms with E-state index in [0.29, 0.717) is 61.2 Å². The number of benzene rings is 1. The molecule has 3 fully saturated rings. The number of aliphatic hydroxyl groups excluding tert-OH is 1. The fraction of sp³-hybridized carbons (Fsp3) is 0.676. The number of nitrogens with one attached hydrogen (secondary N) is 2. The molecule has 11 nitrogen and oxygen atoms in total. The molecular weight excluding hydrogens is 633 g/mol. The zero-order valence-corrected chi connectivity index (χ0v) is 29.0. The van der Waals surface area contributed by atoms with Gasteiger partial charge in [-0.2, -0.15) is 0 Å². The molecule has 2 heterocycles. The van der Waals surface area contributed by atoms with Gasteiger partial charge in [-0.15, -0.1) is 0 Å². The first kappa shape index (κ1) is 36.6. The molecule has 3 N–H and O–H groups in total. The minimum Gasteiger partial charge on any atom is -0.460 e. The second-order valence-electron chi connectivity index (χ2n) is 14.9. The van der Waals surface area contributed by atoms with Crippen molar-refractivity contribution in [1.82, 2.24) is 10.2 Å². The summed E-state index contributed by atoms with van der Waals surface area (Å²) in [4.78, 5) is 54.7. The monoisotopic (exact) mass is 685 g/mol. The Kier molecular flexibility index (Phi) is 12.2. The molecule has 1 aromatic heterocycles. The summed E-state index contributed by atoms with van der Waals surface area (Å²) >= 11 is 0. The van der Waals surface area contributed by atoms with E-state index in [1.54, 1.807) is 49.9 Å². The second-order valence-corrected chi connectivity index (χ2v) is 14.9. The van der Waals surface area contributed by atoms with Crippen molar-refractivity contribution >= 4 is 40.5 Å². The van der Waals surface area contributed by atoms with E-state index in [0.717, 1.165) is 32.1 Å². The van der Waals surface area contributed by atoms with Crippen LogP contribution in [-0.2, 0) is 19.1 Å². The SMILES string of the molecule is CC(C)(C)OC(=O)N[C@H](CF)[C@H]1CC[C@H](C(=O)N2CC[C@@H](C3CCCCC3)[C@H]2C(=O)Nc2ccc3oc(C(=O)OCCCO)cc3c2)CC1. The molecule has 0 spiro atoms. The van der Waals surface area contributed by atoms with Gasteiger partial charge in [0.2, 0.25) is 17.6 Å². The van der Waals surface area contributed by atoms with Gasteiger partial charge in [0.25, 0.3) is 0 Å². The average Bonchev–Trinajstić information content (AvgIpc) is 3.72. The highest BCUT2D eigenvalue weighted by molar-refractivity contribution is 6.00. The first-order valence-corrected chi connectivity index (χ1v) is 18.0. The Morgan fingerprint density at radius 1 is 1.02 bits per heavy atom. The number of carbonyl (C=O) groups is 4. The van der Waals surface area contributed by atoms with E-state index in [2.05, 4.69) is 10.6 Å². The first-order valence-electron chi connectivity index (χ1n) is 18.0. The summed E-state index contributed by atoms with van der Waals surface area (Å²) in [6, 6.07) is 5.44. The Bertz CT molecular complexity index is 1460. The summed E-state index contributed by atoms with van der Waals surface area (Å²) in [5.41, 5.74) is 0.322. The number of nitrogens with zero attached hydrogens (tertiary/aromatic N) is 1. The van der Waals surface area contributed by atoms with Crippen molar-refractivity contribution < 1.29 is 42.6 Å². The molecule has 0 bridgehead atoms. The maximum absolute atomic E-state index is 14.1. The summed E-state index contributed by atoms with van der Waals surface area (Å²) in [6.45, 7) is 5.09. The fourth-order valence-corrected chi connectivity index (χ4v) is 7.94. The normalized spacial score (nSPS) is 24.0. The van der Waals surface area contributed by atoms with Gasteiger partial charge in [0.1, 0.15) is 23.9 Å². The molecule has 5 rings (SSSR count). The Morgan fingerprint density at radius 2 is 1.76 bits per heavy atom. The minimum absolute atomic E-state index is 0.0246. The van der Waals surface area contributed by atoms with Gasteiger partial charge in [-0.05, 0) is 94.9 Å². The van der Waals surface area contributed by atoms with Gasteiger partial charge in [-0.25, -0.2) is 14.0 Å². The summed E-state index contributed by atoms with van der Waals surface area (Å²) in [5.74, 6) is -0.769. The molecule has 2 aliphatic carbocycles. The van der Waals surface area contributed by atoms with Gasteiger partial charge in [-0.3, -0.25) is 9.59 Å². The molecule has 3 amide bonds. The summed E-state index contributed by atoms with van der Waals surface area (Å²) < 4.78 is 30.1. The number of alkyl carbamates (subject to hydrolysis) is 1. The number of alkyl halides is 1. The molecule has 2 saturated carbocycles. The zero-order valence-electron chi connectivity index (χ0n) is 29.0. The van der Waals surface area contributed by atoms with E-state index in [-0.39, 0.29) is 48.5 Å². The molecule has 49 heavy (non-hydrogen) atoms. The maximum Gasteiger partial charge on any atom is 0.407 e. The molecule has 2 aromatic rings. The van der Waals surface area contributed by atoms with Crippen LogP contribution in [0.2, 0.25) is 0 Å². The van der Waals surface area contributed by atoms with Crippen molar-refractivity contribution in [2.45, 2.75) is 109 Å². The van der Waals surface area contributed by atoms with E-state index in [9.17, 15) is 23.6 Å². The lowest BCUT2D eigenvalue weighted by Gasteiger charge is -2.37. The molecule has 12 heteroatoms. The number of ether oxygens (including phenoxy) is 2. The lowest BCUT2D eigenvalue weighted by molar-refractivity contribution is -0.142. The summed E-state index contributed by atoms with van der Waals surface area (Å²) in [7, 11) is 0. The first-order chi connectivity index (χ1) is 23.5. The Hall–Kier alpha value is -3.67. The van der Waals surface area contributed by atoms with E-state index >= 15 is 0 Å². The van der Waals surface area contributed by atoms with Crippen molar-refractivity contribution in [1.29, 1.82) is 0 Å². The predicted molar refractivity (Wildman–Crippen MR) is 182 cm³/mol. The molecular formula is C37H52FN3O8. The molecule has 1 aromatic carbocycles. The van der Waals surface area contributed by atoms with E-state index < -0.39 is 36.4 Å². The number of esters is 1. The van der Waals surface area contributed by atoms with Crippen LogP contribution >= 0.6 is 0 Å². The molecule has 3 aliphatic rings. The third-order valence-electron chi connectivity index (χ3n) is 10.3. The number of fused-ring (bicyclic) bond motifs is 1. The van der Waals surface area contributed by atoms with E-state index in [1.807, 2.05) is 0 Å². The van der Waals surface area contributed by atoms with Crippen LogP contribution in [0.5, 0.6) is 0 Å². The number of rotatable bonds is 11. The highest BCUT2D eigenvalue weighted by Crippen LogP contribution is 2.41. The van der Waals surface area contributed by atoms with Crippen molar-refractivity contribution in [3.8, 4) is 0 Å². The maximum atomic E-state index is 14.1. The van der Waals surface area contributed by atoms with Crippen LogP contribution < -0.4 is 10.6 Å². The molecule has 1 aliphatic heterocycles. The minimum atomic E-state index is -0.708. The van der Waals surface area contributed by atoms with Crippen molar-refractivity contribution in [2.24, 2.45) is 23.7 Å². The Labute approximate surface area is 287 Å². The number of amides is 3. The van der Waals surface area contributed by atoms with Crippen LogP contribution in [0.4, 0.5) is 14.9 Å². The topological polar surface area (TPSA) is 147 Å². The van der Waals surface area contributed by atoms with Crippen molar-refractivity contribution in [3.05, 3.63) is 30.0 Å². The Balaban J connectivity index is 1.26. The largest absolute Gasteiger partial charge is 0.460 e. The van der Waals surface area contributed by atoms with Crippen LogP contribution in [-0.4, -0.2) is 78.0 Å². The van der Waals surface area contributed by atoms with Crippen LogP contribution in [0.3, 0.4) is 0 Å². The number of halogens is 1. The van der Waals surface area contributed by atoms with Crippen molar-refractivity contribution in [3.63, 3.8) is 0 Å². The summed E-state index contributed by atoms with van der Waals surface area (Å²) in [5, 5.41) is 15.3. The van der Waals surface area contributed by atoms with Crippen LogP contribution in [0.15, 0.2) is 28.7 Å². The van der Waals surface area contributed by atoms with Gasteiger partial charge in [-0.1, -0.05) is 32.1 Å². The highest BCUT2D eigenvalue weighted by Gasteiger charge is 2.47. The molecule has 1 saturated heterocycles. The number of hydrogen-bond donors (Lipinski definition) is 3. The van der Waals surface area contributed by atoms with Gasteiger partial charge in [0.15, 0.2) is 0 Å².